The lowest BCUT2D eigenvalue weighted by Crippen LogP contribution is -1.96. The van der Waals surface area contributed by atoms with E-state index in [1.165, 1.54) is 11.8 Å². The van der Waals surface area contributed by atoms with E-state index in [0.717, 1.165) is 17.0 Å². The smallest absolute Gasteiger partial charge is 0.226 e. The van der Waals surface area contributed by atoms with Crippen LogP contribution in [0.3, 0.4) is 0 Å². The van der Waals surface area contributed by atoms with Crippen LogP contribution in [0.25, 0.3) is 11.5 Å². The van der Waals surface area contributed by atoms with E-state index in [1.807, 2.05) is 37.3 Å². The summed E-state index contributed by atoms with van der Waals surface area (Å²) in [6.07, 6.45) is 1.66. The van der Waals surface area contributed by atoms with Gasteiger partial charge in [0.05, 0.1) is 5.69 Å². The number of aryl methyl sites for hydroxylation is 1. The maximum Gasteiger partial charge on any atom is 0.226 e. The molecule has 0 radical (unpaired) electrons. The van der Waals surface area contributed by atoms with Crippen molar-refractivity contribution in [2.24, 2.45) is 0 Å². The number of thioether (sulfide) groups is 1. The fourth-order valence-corrected chi connectivity index (χ4v) is 2.64. The fourth-order valence-electron chi connectivity index (χ4n) is 1.85. The first-order valence-electron chi connectivity index (χ1n) is 6.44. The molecule has 0 amide bonds. The summed E-state index contributed by atoms with van der Waals surface area (Å²) < 4.78 is 5.50. The van der Waals surface area contributed by atoms with Gasteiger partial charge in [0.1, 0.15) is 12.1 Å². The third kappa shape index (κ3) is 3.41. The van der Waals surface area contributed by atoms with Gasteiger partial charge < -0.3 is 10.2 Å². The molecule has 0 saturated heterocycles. The molecule has 1 aromatic carbocycles. The molecule has 0 aliphatic carbocycles. The van der Waals surface area contributed by atoms with E-state index in [1.54, 1.807) is 12.3 Å². The molecule has 2 aromatic heterocycles. The predicted octanol–water partition coefficient (Wildman–Crippen LogP) is 3.31. The van der Waals surface area contributed by atoms with Gasteiger partial charge in [-0.3, -0.25) is 0 Å². The highest BCUT2D eigenvalue weighted by atomic mass is 32.2. The van der Waals surface area contributed by atoms with Crippen molar-refractivity contribution in [3.05, 3.63) is 54.0 Å². The van der Waals surface area contributed by atoms with Crippen LogP contribution < -0.4 is 5.73 Å². The van der Waals surface area contributed by atoms with Crippen molar-refractivity contribution in [2.45, 2.75) is 17.8 Å². The maximum absolute atomic E-state index is 5.71. The van der Waals surface area contributed by atoms with E-state index >= 15 is 0 Å². The Bertz CT molecular complexity index is 722. The molecule has 6 heteroatoms. The van der Waals surface area contributed by atoms with Crippen LogP contribution in [-0.4, -0.2) is 15.0 Å². The Hall–Kier alpha value is -2.34. The minimum Gasteiger partial charge on any atom is -0.444 e. The van der Waals surface area contributed by atoms with Crippen molar-refractivity contribution in [2.75, 3.05) is 5.73 Å². The summed E-state index contributed by atoms with van der Waals surface area (Å²) in [7, 11) is 0. The molecule has 0 saturated carbocycles. The van der Waals surface area contributed by atoms with Gasteiger partial charge in [-0.25, -0.2) is 15.0 Å². The van der Waals surface area contributed by atoms with E-state index in [9.17, 15) is 0 Å². The molecule has 106 valence electrons. The van der Waals surface area contributed by atoms with Crippen molar-refractivity contribution in [1.29, 1.82) is 0 Å². The Balaban J connectivity index is 1.70. The van der Waals surface area contributed by atoms with Crippen molar-refractivity contribution in [1.82, 2.24) is 15.0 Å². The number of nitrogens with zero attached hydrogens (tertiary/aromatic N) is 3. The minimum atomic E-state index is 0.482. The Morgan fingerprint density at radius 3 is 2.71 bits per heavy atom. The van der Waals surface area contributed by atoms with E-state index in [4.69, 9.17) is 10.2 Å². The fraction of sp³-hybridized carbons (Fsp3) is 0.133. The van der Waals surface area contributed by atoms with Crippen LogP contribution in [0.4, 0.5) is 5.82 Å². The normalized spacial score (nSPS) is 10.7. The first-order chi connectivity index (χ1) is 10.2. The number of aromatic nitrogens is 3. The number of nitrogen functional groups attached to an aromatic ring is 1. The number of anilines is 1. The molecule has 3 rings (SSSR count). The first kappa shape index (κ1) is 13.6. The third-order valence-corrected chi connectivity index (χ3v) is 3.66. The zero-order valence-electron chi connectivity index (χ0n) is 11.5. The van der Waals surface area contributed by atoms with Crippen molar-refractivity contribution in [3.63, 3.8) is 0 Å². The highest BCUT2D eigenvalue weighted by Gasteiger charge is 2.08. The van der Waals surface area contributed by atoms with E-state index in [-0.39, 0.29) is 0 Å². The van der Waals surface area contributed by atoms with E-state index < -0.39 is 0 Å². The largest absolute Gasteiger partial charge is 0.444 e. The van der Waals surface area contributed by atoms with Gasteiger partial charge in [0.2, 0.25) is 5.89 Å². The number of benzene rings is 1. The van der Waals surface area contributed by atoms with Crippen molar-refractivity contribution < 1.29 is 4.42 Å². The van der Waals surface area contributed by atoms with Crippen LogP contribution in [0, 0.1) is 6.92 Å². The quantitative estimate of drug-likeness (QED) is 0.588. The second-order valence-corrected chi connectivity index (χ2v) is 5.46. The number of hydrogen-bond donors (Lipinski definition) is 1. The molecule has 2 N–H and O–H groups in total. The SMILES string of the molecule is Cc1cc(N)nc(SCc2coc(-c3ccccc3)n2)n1. The van der Waals surface area contributed by atoms with Crippen LogP contribution >= 0.6 is 11.8 Å². The Morgan fingerprint density at radius 2 is 1.95 bits per heavy atom. The van der Waals surface area contributed by atoms with Gasteiger partial charge in [-0.05, 0) is 19.1 Å². The first-order valence-corrected chi connectivity index (χ1v) is 7.43. The molecule has 2 heterocycles. The van der Waals surface area contributed by atoms with Gasteiger partial charge in [0.15, 0.2) is 5.16 Å². The standard InChI is InChI=1S/C15H14N4OS/c1-10-7-13(16)19-15(17-10)21-9-12-8-20-14(18-12)11-5-3-2-4-6-11/h2-8H,9H2,1H3,(H2,16,17,19). The van der Waals surface area contributed by atoms with Crippen molar-refractivity contribution in [3.8, 4) is 11.5 Å². The summed E-state index contributed by atoms with van der Waals surface area (Å²) in [6.45, 7) is 1.89. The molecule has 0 unspecified atom stereocenters. The van der Waals surface area contributed by atoms with Crippen LogP contribution in [0.2, 0.25) is 0 Å². The number of rotatable bonds is 4. The highest BCUT2D eigenvalue weighted by molar-refractivity contribution is 7.98. The zero-order chi connectivity index (χ0) is 14.7. The minimum absolute atomic E-state index is 0.482. The number of oxazole rings is 1. The van der Waals surface area contributed by atoms with Gasteiger partial charge >= 0.3 is 0 Å². The summed E-state index contributed by atoms with van der Waals surface area (Å²) in [4.78, 5) is 13.0. The molecular formula is C15H14N4OS. The molecule has 5 nitrogen and oxygen atoms in total. The zero-order valence-corrected chi connectivity index (χ0v) is 12.3. The molecule has 0 aliphatic rings. The maximum atomic E-state index is 5.71. The summed E-state index contributed by atoms with van der Waals surface area (Å²) >= 11 is 1.49. The highest BCUT2D eigenvalue weighted by Crippen LogP contribution is 2.23. The Kier molecular flexibility index (Phi) is 3.87. The van der Waals surface area contributed by atoms with Crippen LogP contribution in [0.15, 0.2) is 52.2 Å². The van der Waals surface area contributed by atoms with Crippen LogP contribution in [-0.2, 0) is 5.75 Å². The number of hydrogen-bond acceptors (Lipinski definition) is 6. The van der Waals surface area contributed by atoms with Crippen LogP contribution in [0.1, 0.15) is 11.4 Å². The van der Waals surface area contributed by atoms with Gasteiger partial charge in [-0.2, -0.15) is 0 Å². The predicted molar refractivity (Wildman–Crippen MR) is 82.7 cm³/mol. The molecule has 0 fully saturated rings. The molecular weight excluding hydrogens is 284 g/mol. The Labute approximate surface area is 126 Å². The van der Waals surface area contributed by atoms with Gasteiger partial charge in [0.25, 0.3) is 0 Å². The lowest BCUT2D eigenvalue weighted by atomic mass is 10.2. The summed E-state index contributed by atoms with van der Waals surface area (Å²) in [5, 5.41) is 0.650. The summed E-state index contributed by atoms with van der Waals surface area (Å²) in [5.41, 5.74) is 8.38. The van der Waals surface area contributed by atoms with Gasteiger partial charge in [-0.15, -0.1) is 0 Å². The summed E-state index contributed by atoms with van der Waals surface area (Å²) in [6, 6.07) is 11.5. The molecule has 0 spiro atoms. The monoisotopic (exact) mass is 298 g/mol. The second kappa shape index (κ2) is 5.97. The van der Waals surface area contributed by atoms with E-state index in [2.05, 4.69) is 15.0 Å². The average molecular weight is 298 g/mol. The molecule has 0 bridgehead atoms. The van der Waals surface area contributed by atoms with E-state index in [0.29, 0.717) is 22.6 Å². The lowest BCUT2D eigenvalue weighted by molar-refractivity contribution is 0.573. The average Bonchev–Trinajstić information content (AvgIpc) is 2.94. The second-order valence-electron chi connectivity index (χ2n) is 4.52. The van der Waals surface area contributed by atoms with Gasteiger partial charge in [-0.1, -0.05) is 30.0 Å². The topological polar surface area (TPSA) is 77.8 Å². The molecule has 3 aromatic rings. The Morgan fingerprint density at radius 1 is 1.14 bits per heavy atom. The molecule has 0 aliphatic heterocycles. The lowest BCUT2D eigenvalue weighted by Gasteiger charge is -2.00. The van der Waals surface area contributed by atoms with Gasteiger partial charge in [0, 0.05) is 23.1 Å². The third-order valence-electron chi connectivity index (χ3n) is 2.78. The van der Waals surface area contributed by atoms with Crippen LogP contribution in [0.5, 0.6) is 0 Å². The number of nitrogens with two attached hydrogens (primary N) is 1. The van der Waals surface area contributed by atoms with Crippen molar-refractivity contribution >= 4 is 17.6 Å². The molecule has 0 atom stereocenters. The molecule has 21 heavy (non-hydrogen) atoms. The summed E-state index contributed by atoms with van der Waals surface area (Å²) in [5.74, 6) is 1.74.